The molecule has 1 fully saturated rings. The second-order valence-corrected chi connectivity index (χ2v) is 4.48. The van der Waals surface area contributed by atoms with Gasteiger partial charge < -0.3 is 5.32 Å². The predicted molar refractivity (Wildman–Crippen MR) is 63.0 cm³/mol. The minimum absolute atomic E-state index is 0.00372. The Labute approximate surface area is 101 Å². The van der Waals surface area contributed by atoms with Gasteiger partial charge >= 0.3 is 0 Å². The molecular formula is C10H21N5O2. The lowest BCUT2D eigenvalue weighted by Gasteiger charge is -2.20. The summed E-state index contributed by atoms with van der Waals surface area (Å²) in [6, 6.07) is -0.384. The summed E-state index contributed by atoms with van der Waals surface area (Å²) in [5.41, 5.74) is 8.40. The number of hydrogen-bond acceptors (Lipinski definition) is 6. The van der Waals surface area contributed by atoms with E-state index in [2.05, 4.69) is 21.8 Å². The zero-order chi connectivity index (χ0) is 12.8. The maximum atomic E-state index is 11.7. The summed E-state index contributed by atoms with van der Waals surface area (Å²) in [7, 11) is 0. The van der Waals surface area contributed by atoms with Crippen molar-refractivity contribution in [1.29, 1.82) is 0 Å². The molecule has 0 aromatic heterocycles. The highest BCUT2D eigenvalue weighted by Gasteiger charge is 2.21. The van der Waals surface area contributed by atoms with Crippen molar-refractivity contribution >= 4 is 11.7 Å². The van der Waals surface area contributed by atoms with E-state index in [0.717, 1.165) is 0 Å². The summed E-state index contributed by atoms with van der Waals surface area (Å²) in [4.78, 5) is 23.0. The van der Waals surface area contributed by atoms with E-state index in [1.54, 1.807) is 0 Å². The van der Waals surface area contributed by atoms with Gasteiger partial charge in [-0.1, -0.05) is 13.8 Å². The van der Waals surface area contributed by atoms with Gasteiger partial charge in [0.15, 0.2) is 5.78 Å². The van der Waals surface area contributed by atoms with Crippen LogP contribution in [0, 0.1) is 5.92 Å². The number of rotatable bonds is 6. The van der Waals surface area contributed by atoms with Crippen LogP contribution in [-0.2, 0) is 9.59 Å². The Morgan fingerprint density at radius 3 is 2.59 bits per heavy atom. The van der Waals surface area contributed by atoms with E-state index in [1.165, 1.54) is 6.92 Å². The molecule has 0 bridgehead atoms. The second kappa shape index (κ2) is 6.65. The molecule has 1 aliphatic heterocycles. The Kier molecular flexibility index (Phi) is 5.49. The number of carbonyl (C=O) groups excluding carboxylic acids is 2. The molecular weight excluding hydrogens is 222 g/mol. The lowest BCUT2D eigenvalue weighted by Crippen LogP contribution is -2.45. The topological polar surface area (TPSA) is 85.5 Å². The lowest BCUT2D eigenvalue weighted by atomic mass is 10.0. The highest BCUT2D eigenvalue weighted by atomic mass is 16.2. The molecule has 0 aliphatic carbocycles. The van der Waals surface area contributed by atoms with Crippen molar-refractivity contribution < 1.29 is 9.59 Å². The number of hydrogen-bond donors (Lipinski definition) is 4. The fraction of sp³-hybridized carbons (Fsp3) is 0.800. The molecule has 1 heterocycles. The largest absolute Gasteiger partial charge is 0.346 e. The van der Waals surface area contributed by atoms with Gasteiger partial charge in [0.1, 0.15) is 0 Å². The molecule has 1 atom stereocenters. The van der Waals surface area contributed by atoms with Gasteiger partial charge in [-0.05, 0) is 12.8 Å². The number of Topliss-reactive ketones (excluding diaryl/α,β-unsaturated/α-hetero) is 1. The molecule has 98 valence electrons. The van der Waals surface area contributed by atoms with E-state index in [-0.39, 0.29) is 23.7 Å². The summed E-state index contributed by atoms with van der Waals surface area (Å²) < 4.78 is 0. The fourth-order valence-corrected chi connectivity index (χ4v) is 1.65. The van der Waals surface area contributed by atoms with Gasteiger partial charge in [-0.15, -0.1) is 0 Å². The summed E-state index contributed by atoms with van der Waals surface area (Å²) in [5.74, 6) is 0.00766. The van der Waals surface area contributed by atoms with Crippen LogP contribution in [0.15, 0.2) is 0 Å². The van der Waals surface area contributed by atoms with Crippen LogP contribution in [0.3, 0.4) is 0 Å². The molecule has 0 spiro atoms. The van der Waals surface area contributed by atoms with Crippen molar-refractivity contribution in [2.24, 2.45) is 5.92 Å². The van der Waals surface area contributed by atoms with Crippen molar-refractivity contribution in [1.82, 2.24) is 26.8 Å². The normalized spacial score (nSPS) is 18.4. The molecule has 1 rings (SSSR count). The standard InChI is InChI=1S/C10H21N5O2/c1-7(2)10(8(3)16)12-9(17)4-5-15-6-11-13-14-15/h7,10-11,13-14H,4-6H2,1-3H3,(H,12,17). The monoisotopic (exact) mass is 243 g/mol. The maximum Gasteiger partial charge on any atom is 0.221 e. The quantitative estimate of drug-likeness (QED) is 0.473. The Balaban J connectivity index is 2.29. The van der Waals surface area contributed by atoms with Gasteiger partial charge in [-0.2, -0.15) is 11.1 Å². The van der Waals surface area contributed by atoms with Gasteiger partial charge in [0.05, 0.1) is 12.7 Å². The zero-order valence-electron chi connectivity index (χ0n) is 10.5. The van der Waals surface area contributed by atoms with E-state index in [1.807, 2.05) is 18.9 Å². The first-order valence-electron chi connectivity index (χ1n) is 5.79. The minimum Gasteiger partial charge on any atom is -0.346 e. The highest BCUT2D eigenvalue weighted by molar-refractivity contribution is 5.87. The summed E-state index contributed by atoms with van der Waals surface area (Å²) in [6.07, 6.45) is 0.354. The molecule has 1 aliphatic rings. The van der Waals surface area contributed by atoms with Crippen molar-refractivity contribution in [2.75, 3.05) is 13.2 Å². The van der Waals surface area contributed by atoms with E-state index >= 15 is 0 Å². The van der Waals surface area contributed by atoms with Crippen LogP contribution in [0.1, 0.15) is 27.2 Å². The van der Waals surface area contributed by atoms with Gasteiger partial charge in [0.25, 0.3) is 0 Å². The van der Waals surface area contributed by atoms with Crippen molar-refractivity contribution in [2.45, 2.75) is 33.2 Å². The van der Waals surface area contributed by atoms with E-state index in [4.69, 9.17) is 0 Å². The summed E-state index contributed by atoms with van der Waals surface area (Å²) in [6.45, 7) is 6.55. The lowest BCUT2D eigenvalue weighted by molar-refractivity contribution is -0.128. The Bertz CT molecular complexity index is 276. The van der Waals surface area contributed by atoms with Gasteiger partial charge in [-0.25, -0.2) is 10.4 Å². The van der Waals surface area contributed by atoms with Gasteiger partial charge in [0, 0.05) is 13.0 Å². The first-order chi connectivity index (χ1) is 8.00. The van der Waals surface area contributed by atoms with Crippen LogP contribution >= 0.6 is 0 Å². The van der Waals surface area contributed by atoms with Gasteiger partial charge in [0.2, 0.25) is 5.91 Å². The van der Waals surface area contributed by atoms with Crippen LogP contribution in [0.2, 0.25) is 0 Å². The SMILES string of the molecule is CC(=O)C(NC(=O)CCN1CNNN1)C(C)C. The first kappa shape index (κ1) is 14.0. The third-order valence-corrected chi connectivity index (χ3v) is 2.60. The Hall–Kier alpha value is -1.02. The Morgan fingerprint density at radius 2 is 2.12 bits per heavy atom. The van der Waals surface area contributed by atoms with E-state index < -0.39 is 0 Å². The van der Waals surface area contributed by atoms with Crippen molar-refractivity contribution in [3.63, 3.8) is 0 Å². The number of nitrogens with one attached hydrogen (secondary N) is 4. The van der Waals surface area contributed by atoms with Crippen LogP contribution in [0.25, 0.3) is 0 Å². The summed E-state index contributed by atoms with van der Waals surface area (Å²) in [5, 5.41) is 4.59. The fourth-order valence-electron chi connectivity index (χ4n) is 1.65. The van der Waals surface area contributed by atoms with Crippen LogP contribution in [0.4, 0.5) is 0 Å². The average molecular weight is 243 g/mol. The number of carbonyl (C=O) groups is 2. The molecule has 4 N–H and O–H groups in total. The van der Waals surface area contributed by atoms with E-state index in [9.17, 15) is 9.59 Å². The third kappa shape index (κ3) is 4.78. The number of amides is 1. The van der Waals surface area contributed by atoms with Crippen LogP contribution < -0.4 is 21.8 Å². The zero-order valence-corrected chi connectivity index (χ0v) is 10.5. The number of nitrogens with zero attached hydrogens (tertiary/aromatic N) is 1. The van der Waals surface area contributed by atoms with Crippen LogP contribution in [0.5, 0.6) is 0 Å². The summed E-state index contributed by atoms with van der Waals surface area (Å²) >= 11 is 0. The highest BCUT2D eigenvalue weighted by Crippen LogP contribution is 2.03. The van der Waals surface area contributed by atoms with Crippen LogP contribution in [-0.4, -0.2) is 36.0 Å². The molecule has 1 saturated heterocycles. The second-order valence-electron chi connectivity index (χ2n) is 4.48. The molecule has 7 heteroatoms. The number of hydrazine groups is 3. The molecule has 1 unspecified atom stereocenters. The van der Waals surface area contributed by atoms with Gasteiger partial charge in [-0.3, -0.25) is 9.59 Å². The molecule has 17 heavy (non-hydrogen) atoms. The molecule has 0 aromatic rings. The average Bonchev–Trinajstić information content (AvgIpc) is 2.74. The van der Waals surface area contributed by atoms with E-state index in [0.29, 0.717) is 19.6 Å². The van der Waals surface area contributed by atoms with Crippen molar-refractivity contribution in [3.8, 4) is 0 Å². The molecule has 1 amide bonds. The molecule has 7 nitrogen and oxygen atoms in total. The molecule has 0 saturated carbocycles. The van der Waals surface area contributed by atoms with Crippen molar-refractivity contribution in [3.05, 3.63) is 0 Å². The number of ketones is 1. The Morgan fingerprint density at radius 1 is 1.41 bits per heavy atom. The predicted octanol–water partition coefficient (Wildman–Crippen LogP) is -1.11. The maximum absolute atomic E-state index is 11.7. The molecule has 0 radical (unpaired) electrons. The minimum atomic E-state index is -0.384. The smallest absolute Gasteiger partial charge is 0.221 e. The first-order valence-corrected chi connectivity index (χ1v) is 5.79. The third-order valence-electron chi connectivity index (χ3n) is 2.60. The molecule has 0 aromatic carbocycles.